The van der Waals surface area contributed by atoms with Gasteiger partial charge in [-0.1, -0.05) is 158 Å². The molecule has 0 bridgehead atoms. The van der Waals surface area contributed by atoms with E-state index in [0.717, 1.165) is 0 Å². The van der Waals surface area contributed by atoms with E-state index >= 15 is 0 Å². The second kappa shape index (κ2) is 10.2. The first-order valence-electron chi connectivity index (χ1n) is 14.5. The van der Waals surface area contributed by atoms with E-state index in [-0.39, 0.29) is 0 Å². The molecular weight excluding hydrogens is 504 g/mol. The molecule has 0 nitrogen and oxygen atoms in total. The quantitative estimate of drug-likeness (QED) is 0.198. The standard InChI is InChI=1S/C42H28/c1-4-13-29(14-5-1)33-24-23-30-19-12-22-35(39(30)27-33)34-25-26-38-40(28-34)42(32-17-8-3-9-18-32)37-21-11-10-20-36(37)41(38)31-15-6-2-7-16-31/h1-28H. The van der Waals surface area contributed by atoms with Crippen LogP contribution in [0.15, 0.2) is 170 Å². The van der Waals surface area contributed by atoms with E-state index < -0.39 is 0 Å². The lowest BCUT2D eigenvalue weighted by Gasteiger charge is -2.19. The Morgan fingerprint density at radius 2 is 0.738 bits per heavy atom. The van der Waals surface area contributed by atoms with Crippen LogP contribution in [-0.2, 0) is 0 Å². The normalized spacial score (nSPS) is 11.3. The van der Waals surface area contributed by atoms with E-state index in [4.69, 9.17) is 0 Å². The van der Waals surface area contributed by atoms with Gasteiger partial charge in [0.1, 0.15) is 0 Å². The second-order valence-electron chi connectivity index (χ2n) is 10.9. The summed E-state index contributed by atoms with van der Waals surface area (Å²) in [6, 6.07) is 61.7. The Labute approximate surface area is 246 Å². The van der Waals surface area contributed by atoms with Gasteiger partial charge in [0.25, 0.3) is 0 Å². The summed E-state index contributed by atoms with van der Waals surface area (Å²) >= 11 is 0. The van der Waals surface area contributed by atoms with Crippen molar-refractivity contribution in [2.24, 2.45) is 0 Å². The van der Waals surface area contributed by atoms with Crippen molar-refractivity contribution in [1.29, 1.82) is 0 Å². The highest BCUT2D eigenvalue weighted by Crippen LogP contribution is 2.45. The van der Waals surface area contributed by atoms with Gasteiger partial charge < -0.3 is 0 Å². The summed E-state index contributed by atoms with van der Waals surface area (Å²) in [5.74, 6) is 0. The lowest BCUT2D eigenvalue weighted by atomic mass is 9.84. The van der Waals surface area contributed by atoms with Crippen LogP contribution in [0.1, 0.15) is 0 Å². The van der Waals surface area contributed by atoms with Crippen LogP contribution in [0.25, 0.3) is 76.8 Å². The molecule has 0 N–H and O–H groups in total. The van der Waals surface area contributed by atoms with Gasteiger partial charge in [-0.15, -0.1) is 0 Å². The minimum Gasteiger partial charge on any atom is -0.0622 e. The minimum absolute atomic E-state index is 1.23. The SMILES string of the molecule is c1ccc(-c2ccc3cccc(-c4ccc5c(-c6ccccc6)c6ccccc6c(-c6ccccc6)c5c4)c3c2)cc1. The third-order valence-electron chi connectivity index (χ3n) is 8.45. The minimum atomic E-state index is 1.23. The second-order valence-corrected chi connectivity index (χ2v) is 10.9. The van der Waals surface area contributed by atoms with Crippen LogP contribution in [0.5, 0.6) is 0 Å². The molecular formula is C42H28. The topological polar surface area (TPSA) is 0 Å². The average Bonchev–Trinajstić information content (AvgIpc) is 3.07. The number of hydrogen-bond donors (Lipinski definition) is 0. The van der Waals surface area contributed by atoms with E-state index in [1.54, 1.807) is 0 Å². The Morgan fingerprint density at radius 1 is 0.238 bits per heavy atom. The van der Waals surface area contributed by atoms with Gasteiger partial charge in [0.15, 0.2) is 0 Å². The fraction of sp³-hybridized carbons (Fsp3) is 0. The van der Waals surface area contributed by atoms with Crippen molar-refractivity contribution in [3.63, 3.8) is 0 Å². The maximum absolute atomic E-state index is 2.42. The molecule has 0 aliphatic rings. The summed E-state index contributed by atoms with van der Waals surface area (Å²) in [5.41, 5.74) is 10.00. The zero-order chi connectivity index (χ0) is 27.9. The molecule has 8 aromatic carbocycles. The molecule has 0 fully saturated rings. The third kappa shape index (κ3) is 4.08. The maximum atomic E-state index is 2.42. The van der Waals surface area contributed by atoms with Crippen molar-refractivity contribution in [3.05, 3.63) is 170 Å². The maximum Gasteiger partial charge on any atom is -0.00262 e. The molecule has 0 atom stereocenters. The van der Waals surface area contributed by atoms with Crippen molar-refractivity contribution in [2.45, 2.75) is 0 Å². The van der Waals surface area contributed by atoms with E-state index in [2.05, 4.69) is 170 Å². The molecule has 42 heavy (non-hydrogen) atoms. The van der Waals surface area contributed by atoms with Crippen molar-refractivity contribution in [3.8, 4) is 44.5 Å². The first-order chi connectivity index (χ1) is 20.8. The van der Waals surface area contributed by atoms with Gasteiger partial charge in [-0.2, -0.15) is 0 Å². The molecule has 196 valence electrons. The summed E-state index contributed by atoms with van der Waals surface area (Å²) in [7, 11) is 0. The molecule has 0 spiro atoms. The molecule has 8 aromatic rings. The van der Waals surface area contributed by atoms with Crippen LogP contribution >= 0.6 is 0 Å². The van der Waals surface area contributed by atoms with Crippen LogP contribution in [0.3, 0.4) is 0 Å². The van der Waals surface area contributed by atoms with E-state index in [9.17, 15) is 0 Å². The molecule has 0 unspecified atom stereocenters. The Bertz CT molecular complexity index is 2210. The van der Waals surface area contributed by atoms with E-state index in [0.29, 0.717) is 0 Å². The number of rotatable bonds is 4. The number of benzene rings is 8. The zero-order valence-electron chi connectivity index (χ0n) is 23.2. The van der Waals surface area contributed by atoms with Gasteiger partial charge in [-0.05, 0) is 89.0 Å². The summed E-state index contributed by atoms with van der Waals surface area (Å²) in [6.07, 6.45) is 0. The van der Waals surface area contributed by atoms with Gasteiger partial charge >= 0.3 is 0 Å². The van der Waals surface area contributed by atoms with Gasteiger partial charge in [0, 0.05) is 0 Å². The summed E-state index contributed by atoms with van der Waals surface area (Å²) in [5, 5.41) is 7.61. The highest BCUT2D eigenvalue weighted by molar-refractivity contribution is 6.22. The summed E-state index contributed by atoms with van der Waals surface area (Å²) in [6.45, 7) is 0. The summed E-state index contributed by atoms with van der Waals surface area (Å²) in [4.78, 5) is 0. The third-order valence-corrected chi connectivity index (χ3v) is 8.45. The fourth-order valence-corrected chi connectivity index (χ4v) is 6.51. The smallest absolute Gasteiger partial charge is 0.00262 e. The Morgan fingerprint density at radius 3 is 1.38 bits per heavy atom. The van der Waals surface area contributed by atoms with Gasteiger partial charge in [-0.3, -0.25) is 0 Å². The van der Waals surface area contributed by atoms with Crippen molar-refractivity contribution in [2.75, 3.05) is 0 Å². The fourth-order valence-electron chi connectivity index (χ4n) is 6.51. The first-order valence-corrected chi connectivity index (χ1v) is 14.5. The Kier molecular flexibility index (Phi) is 5.90. The lowest BCUT2D eigenvalue weighted by Crippen LogP contribution is -1.92. The number of fused-ring (bicyclic) bond motifs is 3. The van der Waals surface area contributed by atoms with E-state index in [1.807, 2.05) is 0 Å². The molecule has 0 radical (unpaired) electrons. The largest absolute Gasteiger partial charge is 0.0622 e. The van der Waals surface area contributed by atoms with Crippen LogP contribution < -0.4 is 0 Å². The van der Waals surface area contributed by atoms with Gasteiger partial charge in [-0.25, -0.2) is 0 Å². The van der Waals surface area contributed by atoms with Crippen molar-refractivity contribution < 1.29 is 0 Å². The number of hydrogen-bond acceptors (Lipinski definition) is 0. The molecule has 0 aliphatic carbocycles. The molecule has 8 rings (SSSR count). The van der Waals surface area contributed by atoms with Gasteiger partial charge in [0.05, 0.1) is 0 Å². The molecule has 0 aliphatic heterocycles. The Hall–Kier alpha value is -5.46. The highest BCUT2D eigenvalue weighted by Gasteiger charge is 2.17. The predicted octanol–water partition coefficient (Wildman–Crippen LogP) is 11.8. The molecule has 0 amide bonds. The highest BCUT2D eigenvalue weighted by atomic mass is 14.2. The summed E-state index contributed by atoms with van der Waals surface area (Å²) < 4.78 is 0. The van der Waals surface area contributed by atoms with Crippen molar-refractivity contribution >= 4 is 32.3 Å². The molecule has 0 aromatic heterocycles. The Balaban J connectivity index is 1.45. The first kappa shape index (κ1) is 24.3. The van der Waals surface area contributed by atoms with Crippen LogP contribution in [0, 0.1) is 0 Å². The van der Waals surface area contributed by atoms with Crippen LogP contribution in [0.2, 0.25) is 0 Å². The lowest BCUT2D eigenvalue weighted by molar-refractivity contribution is 1.63. The molecule has 0 saturated heterocycles. The zero-order valence-corrected chi connectivity index (χ0v) is 23.2. The van der Waals surface area contributed by atoms with E-state index in [1.165, 1.54) is 76.8 Å². The molecule has 0 heterocycles. The monoisotopic (exact) mass is 532 g/mol. The molecule has 0 saturated carbocycles. The predicted molar refractivity (Wildman–Crippen MR) is 181 cm³/mol. The molecule has 0 heteroatoms. The van der Waals surface area contributed by atoms with Gasteiger partial charge in [0.2, 0.25) is 0 Å². The average molecular weight is 533 g/mol. The van der Waals surface area contributed by atoms with Crippen LogP contribution in [-0.4, -0.2) is 0 Å². The van der Waals surface area contributed by atoms with Crippen molar-refractivity contribution in [1.82, 2.24) is 0 Å². The van der Waals surface area contributed by atoms with Crippen LogP contribution in [0.4, 0.5) is 0 Å².